The Morgan fingerprint density at radius 1 is 1.06 bits per heavy atom. The van der Waals surface area contributed by atoms with Gasteiger partial charge < -0.3 is 19.7 Å². The molecule has 1 saturated heterocycles. The maximum atomic E-state index is 13.0. The lowest BCUT2D eigenvalue weighted by atomic mass is 10.1. The second-order valence-corrected chi connectivity index (χ2v) is 8.27. The van der Waals surface area contributed by atoms with Crippen LogP contribution in [0, 0.1) is 0 Å². The van der Waals surface area contributed by atoms with Crippen molar-refractivity contribution in [1.82, 2.24) is 9.78 Å². The molecule has 4 rings (SSSR count). The highest BCUT2D eigenvalue weighted by Gasteiger charge is 2.19. The number of hydrogen-bond acceptors (Lipinski definition) is 7. The van der Waals surface area contributed by atoms with E-state index in [2.05, 4.69) is 15.3 Å². The molecule has 1 fully saturated rings. The van der Waals surface area contributed by atoms with E-state index in [9.17, 15) is 9.59 Å². The Bertz CT molecular complexity index is 1160. The van der Waals surface area contributed by atoms with Crippen LogP contribution in [0.1, 0.15) is 0 Å². The van der Waals surface area contributed by atoms with E-state index in [1.807, 2.05) is 30.0 Å². The summed E-state index contributed by atoms with van der Waals surface area (Å²) in [4.78, 5) is 27.9. The summed E-state index contributed by atoms with van der Waals surface area (Å²) in [6.45, 7) is 1.53. The van der Waals surface area contributed by atoms with E-state index in [1.165, 1.54) is 11.8 Å². The van der Waals surface area contributed by atoms with E-state index in [0.29, 0.717) is 22.6 Å². The third-order valence-corrected chi connectivity index (χ3v) is 6.06. The molecule has 1 N–H and O–H groups in total. The topological polar surface area (TPSA) is 85.7 Å². The average Bonchev–Trinajstić information content (AvgIpc) is 2.81. The standard InChI is InChI=1S/C22H24N4O4S/c1-29-18-8-7-15(13-19(18)30-2)23-20(27)14-26-22(28)17-6-4-3-5-16(17)21(24-26)25-9-11-31-12-10-25/h3-8,13H,9-12,14H2,1-2H3,(H,23,27). The molecule has 3 aromatic rings. The van der Waals surface area contributed by atoms with E-state index in [0.717, 1.165) is 35.8 Å². The molecule has 1 amide bonds. The number of fused-ring (bicyclic) bond motifs is 1. The van der Waals surface area contributed by atoms with E-state index < -0.39 is 0 Å². The fourth-order valence-electron chi connectivity index (χ4n) is 3.58. The summed E-state index contributed by atoms with van der Waals surface area (Å²) < 4.78 is 11.7. The van der Waals surface area contributed by atoms with Crippen molar-refractivity contribution < 1.29 is 14.3 Å². The number of anilines is 2. The van der Waals surface area contributed by atoms with Crippen molar-refractivity contribution in [3.8, 4) is 11.5 Å². The van der Waals surface area contributed by atoms with Crippen LogP contribution in [0.4, 0.5) is 11.5 Å². The number of hydrogen-bond donors (Lipinski definition) is 1. The number of amides is 1. The van der Waals surface area contributed by atoms with Crippen LogP contribution < -0.4 is 25.2 Å². The number of benzene rings is 2. The quantitative estimate of drug-likeness (QED) is 0.631. The second-order valence-electron chi connectivity index (χ2n) is 7.05. The van der Waals surface area contributed by atoms with Gasteiger partial charge in [-0.05, 0) is 18.2 Å². The Hall–Kier alpha value is -3.20. The first-order chi connectivity index (χ1) is 15.1. The molecule has 31 heavy (non-hydrogen) atoms. The second kappa shape index (κ2) is 9.30. The minimum Gasteiger partial charge on any atom is -0.493 e. The Morgan fingerprint density at radius 3 is 2.48 bits per heavy atom. The van der Waals surface area contributed by atoms with Crippen molar-refractivity contribution >= 4 is 39.9 Å². The van der Waals surface area contributed by atoms with Gasteiger partial charge in [0.1, 0.15) is 6.54 Å². The fourth-order valence-corrected chi connectivity index (χ4v) is 4.49. The summed E-state index contributed by atoms with van der Waals surface area (Å²) >= 11 is 1.90. The number of ether oxygens (including phenoxy) is 2. The SMILES string of the molecule is COc1ccc(NC(=O)Cn2nc(N3CCSCC3)c3ccccc3c2=O)cc1OC. The Morgan fingerprint density at radius 2 is 1.77 bits per heavy atom. The minimum absolute atomic E-state index is 0.187. The van der Waals surface area contributed by atoms with E-state index >= 15 is 0 Å². The van der Waals surface area contributed by atoms with Crippen LogP contribution in [0.2, 0.25) is 0 Å². The van der Waals surface area contributed by atoms with Gasteiger partial charge in [0, 0.05) is 41.7 Å². The maximum Gasteiger partial charge on any atom is 0.275 e. The van der Waals surface area contributed by atoms with Crippen LogP contribution in [-0.2, 0) is 11.3 Å². The Labute approximate surface area is 184 Å². The number of rotatable bonds is 6. The van der Waals surface area contributed by atoms with Crippen molar-refractivity contribution in [2.75, 3.05) is 49.0 Å². The molecule has 0 radical (unpaired) electrons. The molecule has 1 aliphatic rings. The average molecular weight is 441 g/mol. The molecule has 0 unspecified atom stereocenters. The molecule has 0 bridgehead atoms. The number of nitrogens with one attached hydrogen (secondary N) is 1. The van der Waals surface area contributed by atoms with Crippen molar-refractivity contribution in [1.29, 1.82) is 0 Å². The molecular weight excluding hydrogens is 416 g/mol. The normalized spacial score (nSPS) is 13.8. The van der Waals surface area contributed by atoms with Gasteiger partial charge >= 0.3 is 0 Å². The first-order valence-corrected chi connectivity index (χ1v) is 11.1. The molecule has 2 aromatic carbocycles. The van der Waals surface area contributed by atoms with Gasteiger partial charge in [-0.1, -0.05) is 18.2 Å². The van der Waals surface area contributed by atoms with Gasteiger partial charge in [0.2, 0.25) is 5.91 Å². The van der Waals surface area contributed by atoms with E-state index in [1.54, 1.807) is 31.4 Å². The number of nitrogens with zero attached hydrogens (tertiary/aromatic N) is 3. The minimum atomic E-state index is -0.350. The smallest absolute Gasteiger partial charge is 0.275 e. The van der Waals surface area contributed by atoms with Crippen molar-refractivity contribution in [3.05, 3.63) is 52.8 Å². The lowest BCUT2D eigenvalue weighted by Gasteiger charge is -2.28. The van der Waals surface area contributed by atoms with E-state index in [-0.39, 0.29) is 18.0 Å². The molecule has 0 atom stereocenters. The number of thioether (sulfide) groups is 1. The van der Waals surface area contributed by atoms with Crippen molar-refractivity contribution in [3.63, 3.8) is 0 Å². The molecule has 162 valence electrons. The Balaban J connectivity index is 1.63. The summed E-state index contributed by atoms with van der Waals surface area (Å²) in [5.41, 5.74) is 0.262. The summed E-state index contributed by atoms with van der Waals surface area (Å²) in [6.07, 6.45) is 0. The van der Waals surface area contributed by atoms with Gasteiger partial charge in [-0.3, -0.25) is 9.59 Å². The van der Waals surface area contributed by atoms with Crippen molar-refractivity contribution in [2.24, 2.45) is 0 Å². The molecule has 1 aliphatic heterocycles. The van der Waals surface area contributed by atoms with Gasteiger partial charge in [-0.15, -0.1) is 0 Å². The Kier molecular flexibility index (Phi) is 6.31. The van der Waals surface area contributed by atoms with Crippen LogP contribution in [0.25, 0.3) is 10.8 Å². The third-order valence-electron chi connectivity index (χ3n) is 5.12. The highest BCUT2D eigenvalue weighted by Crippen LogP contribution is 2.30. The summed E-state index contributed by atoms with van der Waals surface area (Å²) in [7, 11) is 3.08. The van der Waals surface area contributed by atoms with Gasteiger partial charge in [-0.25, -0.2) is 4.68 Å². The molecule has 0 aliphatic carbocycles. The largest absolute Gasteiger partial charge is 0.493 e. The number of aromatic nitrogens is 2. The van der Waals surface area contributed by atoms with Gasteiger partial charge in [0.25, 0.3) is 5.56 Å². The summed E-state index contributed by atoms with van der Waals surface area (Å²) in [5.74, 6) is 3.49. The maximum absolute atomic E-state index is 13.0. The van der Waals surface area contributed by atoms with Crippen LogP contribution >= 0.6 is 11.8 Å². The van der Waals surface area contributed by atoms with Crippen LogP contribution in [-0.4, -0.2) is 54.5 Å². The lowest BCUT2D eigenvalue weighted by Crippen LogP contribution is -2.37. The number of methoxy groups -OCH3 is 2. The third kappa shape index (κ3) is 4.46. The predicted molar refractivity (Wildman–Crippen MR) is 124 cm³/mol. The molecule has 0 spiro atoms. The zero-order valence-electron chi connectivity index (χ0n) is 17.5. The fraction of sp³-hybridized carbons (Fsp3) is 0.318. The van der Waals surface area contributed by atoms with Gasteiger partial charge in [0.15, 0.2) is 17.3 Å². The highest BCUT2D eigenvalue weighted by molar-refractivity contribution is 7.99. The first kappa shape index (κ1) is 21.0. The van der Waals surface area contributed by atoms with Gasteiger partial charge in [0.05, 0.1) is 19.6 Å². The number of carbonyl (C=O) groups is 1. The predicted octanol–water partition coefficient (Wildman–Crippen LogP) is 2.61. The molecule has 8 nitrogen and oxygen atoms in total. The molecule has 9 heteroatoms. The first-order valence-electron chi connectivity index (χ1n) is 9.95. The zero-order valence-corrected chi connectivity index (χ0v) is 18.3. The molecule has 0 saturated carbocycles. The summed E-state index contributed by atoms with van der Waals surface area (Å²) in [6, 6.07) is 12.5. The summed E-state index contributed by atoms with van der Waals surface area (Å²) in [5, 5.41) is 8.76. The van der Waals surface area contributed by atoms with Gasteiger partial charge in [-0.2, -0.15) is 16.9 Å². The van der Waals surface area contributed by atoms with Crippen molar-refractivity contribution in [2.45, 2.75) is 6.54 Å². The number of carbonyl (C=O) groups excluding carboxylic acids is 1. The van der Waals surface area contributed by atoms with Crippen LogP contribution in [0.5, 0.6) is 11.5 Å². The van der Waals surface area contributed by atoms with Crippen LogP contribution in [0.15, 0.2) is 47.3 Å². The van der Waals surface area contributed by atoms with Crippen LogP contribution in [0.3, 0.4) is 0 Å². The molecular formula is C22H24N4O4S. The lowest BCUT2D eigenvalue weighted by molar-refractivity contribution is -0.117. The monoisotopic (exact) mass is 440 g/mol. The van der Waals surface area contributed by atoms with E-state index in [4.69, 9.17) is 9.47 Å². The zero-order chi connectivity index (χ0) is 21.8. The highest BCUT2D eigenvalue weighted by atomic mass is 32.2. The molecule has 1 aromatic heterocycles. The molecule has 2 heterocycles.